The Labute approximate surface area is 197 Å². The fraction of sp³-hybridized carbons (Fsp3) is 0.458. The zero-order chi connectivity index (χ0) is 24.9. The minimum Gasteiger partial charge on any atom is -0.346 e. The second-order valence-corrected chi connectivity index (χ2v) is 11.8. The fourth-order valence-corrected chi connectivity index (χ4v) is 7.71. The minimum absolute atomic E-state index is 0.0989. The van der Waals surface area contributed by atoms with Crippen LogP contribution in [0.1, 0.15) is 63.4 Å². The zero-order valence-electron chi connectivity index (χ0n) is 19.6. The number of hydrogen-bond donors (Lipinski definition) is 2. The van der Waals surface area contributed by atoms with Crippen LogP contribution in [0.2, 0.25) is 0 Å². The van der Waals surface area contributed by atoms with E-state index in [4.69, 9.17) is 0 Å². The number of carbonyl (C=O) groups is 3. The maximum Gasteiger partial charge on any atom is 0.294 e. The molecule has 34 heavy (non-hydrogen) atoms. The number of ketones is 1. The van der Waals surface area contributed by atoms with Gasteiger partial charge in [-0.1, -0.05) is 0 Å². The third kappa shape index (κ3) is 4.04. The number of hydrogen-bond acceptors (Lipinski definition) is 5. The molecule has 0 radical (unpaired) electrons. The van der Waals surface area contributed by atoms with Gasteiger partial charge in [-0.25, -0.2) is 12.8 Å². The number of amides is 2. The summed E-state index contributed by atoms with van der Waals surface area (Å²) in [4.78, 5) is 38.9. The summed E-state index contributed by atoms with van der Waals surface area (Å²) in [6.45, 7) is 4.87. The first-order valence-corrected chi connectivity index (χ1v) is 12.8. The van der Waals surface area contributed by atoms with Crippen LogP contribution in [0.5, 0.6) is 0 Å². The summed E-state index contributed by atoms with van der Waals surface area (Å²) < 4.78 is 39.6. The molecule has 182 valence electrons. The Kier molecular flexibility index (Phi) is 6.14. The van der Waals surface area contributed by atoms with Crippen LogP contribution in [0.4, 0.5) is 10.1 Å². The Bertz CT molecular complexity index is 1290. The van der Waals surface area contributed by atoms with E-state index in [1.807, 2.05) is 0 Å². The van der Waals surface area contributed by atoms with Crippen molar-refractivity contribution in [3.8, 4) is 0 Å². The molecule has 2 unspecified atom stereocenters. The lowest BCUT2D eigenvalue weighted by Crippen LogP contribution is -2.47. The van der Waals surface area contributed by atoms with Crippen LogP contribution in [0.3, 0.4) is 0 Å². The molecule has 2 amide bonds. The summed E-state index contributed by atoms with van der Waals surface area (Å²) in [5, 5.41) is 4.51. The number of fused-ring (bicyclic) bond motifs is 2. The van der Waals surface area contributed by atoms with Gasteiger partial charge >= 0.3 is 0 Å². The number of anilines is 1. The average Bonchev–Trinajstić information content (AvgIpc) is 3.03. The molecular formula is C24H28FN3O5S. The van der Waals surface area contributed by atoms with E-state index in [0.29, 0.717) is 48.2 Å². The van der Waals surface area contributed by atoms with Gasteiger partial charge in [0.15, 0.2) is 9.84 Å². The topological polar surface area (TPSA) is 114 Å². The molecule has 0 spiro atoms. The van der Waals surface area contributed by atoms with Gasteiger partial charge in [-0.2, -0.15) is 0 Å². The zero-order valence-corrected chi connectivity index (χ0v) is 20.4. The molecule has 1 aromatic heterocycles. The van der Waals surface area contributed by atoms with Crippen molar-refractivity contribution in [1.82, 2.24) is 9.88 Å². The van der Waals surface area contributed by atoms with Gasteiger partial charge in [0.05, 0.1) is 21.8 Å². The van der Waals surface area contributed by atoms with Gasteiger partial charge in [0.1, 0.15) is 5.82 Å². The van der Waals surface area contributed by atoms with Crippen molar-refractivity contribution in [3.63, 3.8) is 0 Å². The highest BCUT2D eigenvalue weighted by molar-refractivity contribution is 7.93. The summed E-state index contributed by atoms with van der Waals surface area (Å²) in [6, 6.07) is 3.85. The number of nitrogens with zero attached hydrogens (tertiary/aromatic N) is 1. The average molecular weight is 490 g/mol. The minimum atomic E-state index is -3.13. The Morgan fingerprint density at radius 3 is 2.26 bits per heavy atom. The maximum atomic E-state index is 13.5. The number of rotatable bonds is 5. The molecule has 1 aromatic carbocycles. The second kappa shape index (κ2) is 8.65. The van der Waals surface area contributed by atoms with Crippen LogP contribution >= 0.6 is 0 Å². The first kappa shape index (κ1) is 24.1. The molecule has 2 N–H and O–H groups in total. The Morgan fingerprint density at radius 2 is 1.68 bits per heavy atom. The molecule has 10 heteroatoms. The smallest absolute Gasteiger partial charge is 0.294 e. The van der Waals surface area contributed by atoms with Crippen molar-refractivity contribution in [3.05, 3.63) is 52.1 Å². The van der Waals surface area contributed by atoms with Crippen LogP contribution in [0, 0.1) is 26.6 Å². The molecule has 2 fully saturated rings. The van der Waals surface area contributed by atoms with Gasteiger partial charge in [0.2, 0.25) is 0 Å². The van der Waals surface area contributed by atoms with E-state index >= 15 is 0 Å². The number of sulfone groups is 1. The fourth-order valence-electron chi connectivity index (χ4n) is 5.23. The van der Waals surface area contributed by atoms with E-state index in [1.165, 1.54) is 22.8 Å². The molecule has 2 aliphatic rings. The number of benzene rings is 1. The molecule has 4 rings (SSSR count). The van der Waals surface area contributed by atoms with Crippen LogP contribution in [-0.4, -0.2) is 47.1 Å². The van der Waals surface area contributed by atoms with Crippen molar-refractivity contribution >= 4 is 33.1 Å². The highest BCUT2D eigenvalue weighted by Crippen LogP contribution is 2.38. The number of aryl methyl sites for hydroxylation is 1. The SMILES string of the molecule is Cc1cc(NC(=O)c2c(C)c(C(=O)C(=O)NC3CC4CCC(C3)S4(=O)=O)n(C)c2C)ccc1F. The third-order valence-electron chi connectivity index (χ3n) is 7.16. The molecule has 3 heterocycles. The predicted octanol–water partition coefficient (Wildman–Crippen LogP) is 2.75. The summed E-state index contributed by atoms with van der Waals surface area (Å²) in [6.07, 6.45) is 1.81. The largest absolute Gasteiger partial charge is 0.346 e. The Hall–Kier alpha value is -3.01. The van der Waals surface area contributed by atoms with E-state index in [2.05, 4.69) is 10.6 Å². The molecule has 0 saturated carbocycles. The molecule has 8 nitrogen and oxygen atoms in total. The highest BCUT2D eigenvalue weighted by Gasteiger charge is 2.47. The highest BCUT2D eigenvalue weighted by atomic mass is 32.2. The van der Waals surface area contributed by atoms with Crippen molar-refractivity contribution < 1.29 is 27.2 Å². The standard InChI is InChI=1S/C24H28FN3O5S/c1-12-9-15(5-8-19(12)25)26-23(30)20-13(2)21(28(4)14(20)3)22(29)24(31)27-16-10-17-6-7-18(11-16)34(17,32)33/h5,8-9,16-18H,6-7,10-11H2,1-4H3,(H,26,30)(H,27,31). The van der Waals surface area contributed by atoms with Gasteiger partial charge in [-0.3, -0.25) is 14.4 Å². The number of nitrogens with one attached hydrogen (secondary N) is 2. The summed E-state index contributed by atoms with van der Waals surface area (Å²) in [5.41, 5.74) is 2.04. The molecule has 2 saturated heterocycles. The van der Waals surface area contributed by atoms with Crippen molar-refractivity contribution in [1.29, 1.82) is 0 Å². The van der Waals surface area contributed by atoms with E-state index < -0.39 is 37.9 Å². The van der Waals surface area contributed by atoms with Crippen molar-refractivity contribution in [2.24, 2.45) is 7.05 Å². The molecule has 2 atom stereocenters. The number of Topliss-reactive ketones (excluding diaryl/α,β-unsaturated/α-hetero) is 1. The molecule has 2 bridgehead atoms. The Morgan fingerprint density at radius 1 is 1.06 bits per heavy atom. The van der Waals surface area contributed by atoms with Crippen LogP contribution < -0.4 is 10.6 Å². The van der Waals surface area contributed by atoms with E-state index in [0.717, 1.165) is 0 Å². The van der Waals surface area contributed by atoms with Gasteiger partial charge in [0.25, 0.3) is 17.6 Å². The quantitative estimate of drug-likeness (QED) is 0.495. The summed E-state index contributed by atoms with van der Waals surface area (Å²) in [7, 11) is -1.53. The van der Waals surface area contributed by atoms with Crippen molar-refractivity contribution in [2.45, 2.75) is 63.0 Å². The molecule has 2 aliphatic heterocycles. The van der Waals surface area contributed by atoms with Crippen LogP contribution in [-0.2, 0) is 21.7 Å². The molecule has 0 aliphatic carbocycles. The van der Waals surface area contributed by atoms with E-state index in [-0.39, 0.29) is 23.1 Å². The van der Waals surface area contributed by atoms with Crippen molar-refractivity contribution in [2.75, 3.05) is 5.32 Å². The van der Waals surface area contributed by atoms with Gasteiger partial charge in [-0.15, -0.1) is 0 Å². The van der Waals surface area contributed by atoms with E-state index in [1.54, 1.807) is 27.8 Å². The maximum absolute atomic E-state index is 13.5. The van der Waals surface area contributed by atoms with E-state index in [9.17, 15) is 27.2 Å². The monoisotopic (exact) mass is 489 g/mol. The summed E-state index contributed by atoms with van der Waals surface area (Å²) >= 11 is 0. The number of halogens is 1. The van der Waals surface area contributed by atoms with Gasteiger partial charge in [0, 0.05) is 24.5 Å². The third-order valence-corrected chi connectivity index (χ3v) is 9.88. The van der Waals surface area contributed by atoms with Crippen LogP contribution in [0.25, 0.3) is 0 Å². The molecule has 2 aromatic rings. The first-order chi connectivity index (χ1) is 15.9. The first-order valence-electron chi connectivity index (χ1n) is 11.2. The second-order valence-electron chi connectivity index (χ2n) is 9.29. The lowest BCUT2D eigenvalue weighted by molar-refractivity contribution is -0.117. The predicted molar refractivity (Wildman–Crippen MR) is 125 cm³/mol. The Balaban J connectivity index is 1.52. The normalized spacial score (nSPS) is 22.9. The lowest BCUT2D eigenvalue weighted by Gasteiger charge is -2.28. The van der Waals surface area contributed by atoms with Crippen LogP contribution in [0.15, 0.2) is 18.2 Å². The lowest BCUT2D eigenvalue weighted by atomic mass is 10.1. The van der Waals surface area contributed by atoms with Gasteiger partial charge in [-0.05, 0) is 75.8 Å². The molecular weight excluding hydrogens is 461 g/mol. The number of carbonyl (C=O) groups excluding carboxylic acids is 3. The number of aromatic nitrogens is 1. The summed E-state index contributed by atoms with van der Waals surface area (Å²) in [5.74, 6) is -2.44. The van der Waals surface area contributed by atoms with Gasteiger partial charge < -0.3 is 15.2 Å².